The Morgan fingerprint density at radius 3 is 2.51 bits per heavy atom. The highest BCUT2D eigenvalue weighted by molar-refractivity contribution is 5.99. The van der Waals surface area contributed by atoms with Crippen LogP contribution in [0, 0.1) is 17.8 Å². The highest BCUT2D eigenvalue weighted by atomic mass is 16.5. The normalized spacial score (nSPS) is 32.1. The van der Waals surface area contributed by atoms with Gasteiger partial charge in [-0.25, -0.2) is 0 Å². The van der Waals surface area contributed by atoms with Crippen LogP contribution in [0.2, 0.25) is 0 Å². The van der Waals surface area contributed by atoms with Gasteiger partial charge in [-0.2, -0.15) is 0 Å². The quantitative estimate of drug-likeness (QED) is 0.470. The Morgan fingerprint density at radius 1 is 1.17 bits per heavy atom. The SMILES string of the molecule is CCCNC(=O)[C@H]1[C@H]2C(=O)N([C@@H](CO)CC(C)C)C(C(=O)NCc3ccccc3)C23CC[C@]1(C)O3. The Labute approximate surface area is 207 Å². The summed E-state index contributed by atoms with van der Waals surface area (Å²) in [6, 6.07) is 8.18. The lowest BCUT2D eigenvalue weighted by atomic mass is 9.66. The predicted octanol–water partition coefficient (Wildman–Crippen LogP) is 2.00. The number of aliphatic hydroxyl groups excluding tert-OH is 1. The number of carbonyl (C=O) groups excluding carboxylic acids is 3. The third-order valence-corrected chi connectivity index (χ3v) is 7.95. The molecule has 0 aromatic heterocycles. The summed E-state index contributed by atoms with van der Waals surface area (Å²) in [5, 5.41) is 16.3. The Hall–Kier alpha value is -2.45. The molecule has 0 radical (unpaired) electrons. The summed E-state index contributed by atoms with van der Waals surface area (Å²) in [4.78, 5) is 42.7. The lowest BCUT2D eigenvalue weighted by Crippen LogP contribution is -2.58. The molecule has 3 amide bonds. The molecule has 6 atom stereocenters. The molecule has 3 N–H and O–H groups in total. The van der Waals surface area contributed by atoms with Crippen LogP contribution in [0.3, 0.4) is 0 Å². The van der Waals surface area contributed by atoms with Crippen LogP contribution in [-0.2, 0) is 25.7 Å². The van der Waals surface area contributed by atoms with Crippen LogP contribution in [0.25, 0.3) is 0 Å². The van der Waals surface area contributed by atoms with Crippen molar-refractivity contribution in [2.75, 3.05) is 13.2 Å². The van der Waals surface area contributed by atoms with Crippen molar-refractivity contribution in [3.63, 3.8) is 0 Å². The molecule has 3 saturated heterocycles. The van der Waals surface area contributed by atoms with Gasteiger partial charge in [0.1, 0.15) is 11.6 Å². The van der Waals surface area contributed by atoms with E-state index in [0.717, 1.165) is 12.0 Å². The van der Waals surface area contributed by atoms with Crippen molar-refractivity contribution >= 4 is 17.7 Å². The van der Waals surface area contributed by atoms with Crippen molar-refractivity contribution in [1.82, 2.24) is 15.5 Å². The summed E-state index contributed by atoms with van der Waals surface area (Å²) >= 11 is 0. The summed E-state index contributed by atoms with van der Waals surface area (Å²) in [6.45, 7) is 8.52. The van der Waals surface area contributed by atoms with Gasteiger partial charge in [0.05, 0.1) is 30.1 Å². The van der Waals surface area contributed by atoms with Crippen molar-refractivity contribution in [2.45, 2.75) is 83.2 Å². The molecule has 0 aliphatic carbocycles. The summed E-state index contributed by atoms with van der Waals surface area (Å²) in [7, 11) is 0. The number of ether oxygens (including phenoxy) is 1. The monoisotopic (exact) mass is 485 g/mol. The van der Waals surface area contributed by atoms with E-state index in [1.165, 1.54) is 0 Å². The standard InChI is InChI=1S/C27H39N3O5/c1-5-13-28-23(32)20-21-25(34)30(19(16-31)14-17(2)3)22(27(21)12-11-26(20,4)35-27)24(33)29-15-18-9-7-6-8-10-18/h6-10,17,19-22,31H,5,11-16H2,1-4H3,(H,28,32)(H,29,33)/t19-,20-,21+,22?,26+,27?/m1/s1. The third-order valence-electron chi connectivity index (χ3n) is 7.95. The molecule has 4 rings (SSSR count). The number of benzene rings is 1. The summed E-state index contributed by atoms with van der Waals surface area (Å²) in [5.41, 5.74) is -0.924. The molecule has 1 spiro atoms. The second-order valence-electron chi connectivity index (χ2n) is 10.9. The molecule has 1 aromatic rings. The fraction of sp³-hybridized carbons (Fsp3) is 0.667. The lowest BCUT2D eigenvalue weighted by Gasteiger charge is -2.37. The second kappa shape index (κ2) is 9.90. The van der Waals surface area contributed by atoms with Gasteiger partial charge in [0.2, 0.25) is 17.7 Å². The van der Waals surface area contributed by atoms with Crippen molar-refractivity contribution in [3.8, 4) is 0 Å². The summed E-state index contributed by atoms with van der Waals surface area (Å²) < 4.78 is 6.61. The molecule has 2 bridgehead atoms. The van der Waals surface area contributed by atoms with Crippen molar-refractivity contribution in [3.05, 3.63) is 35.9 Å². The van der Waals surface area contributed by atoms with Gasteiger partial charge in [-0.1, -0.05) is 51.1 Å². The molecule has 1 aromatic carbocycles. The Bertz CT molecular complexity index is 953. The van der Waals surface area contributed by atoms with Crippen molar-refractivity contribution in [1.29, 1.82) is 0 Å². The average molecular weight is 486 g/mol. The smallest absolute Gasteiger partial charge is 0.246 e. The lowest BCUT2D eigenvalue weighted by molar-refractivity contribution is -0.150. The fourth-order valence-electron chi connectivity index (χ4n) is 6.52. The van der Waals surface area contributed by atoms with Crippen LogP contribution in [0.5, 0.6) is 0 Å². The molecule has 8 heteroatoms. The zero-order valence-corrected chi connectivity index (χ0v) is 21.3. The van der Waals surface area contributed by atoms with E-state index in [4.69, 9.17) is 4.74 Å². The van der Waals surface area contributed by atoms with E-state index >= 15 is 0 Å². The maximum atomic E-state index is 14.0. The number of nitrogens with one attached hydrogen (secondary N) is 2. The van der Waals surface area contributed by atoms with Gasteiger partial charge in [-0.05, 0) is 44.1 Å². The predicted molar refractivity (Wildman–Crippen MR) is 131 cm³/mol. The summed E-state index contributed by atoms with van der Waals surface area (Å²) in [6.07, 6.45) is 2.47. The number of rotatable bonds is 10. The van der Waals surface area contributed by atoms with Gasteiger partial charge in [-0.3, -0.25) is 14.4 Å². The van der Waals surface area contributed by atoms with Gasteiger partial charge in [0.25, 0.3) is 0 Å². The first-order valence-electron chi connectivity index (χ1n) is 12.9. The zero-order chi connectivity index (χ0) is 25.4. The number of nitrogens with zero attached hydrogens (tertiary/aromatic N) is 1. The van der Waals surface area contributed by atoms with E-state index in [-0.39, 0.29) is 30.2 Å². The topological polar surface area (TPSA) is 108 Å². The largest absolute Gasteiger partial charge is 0.394 e. The summed E-state index contributed by atoms with van der Waals surface area (Å²) in [5.74, 6) is -1.95. The fourth-order valence-corrected chi connectivity index (χ4v) is 6.52. The molecule has 2 unspecified atom stereocenters. The maximum absolute atomic E-state index is 14.0. The van der Waals surface area contributed by atoms with E-state index in [0.29, 0.717) is 32.4 Å². The van der Waals surface area contributed by atoms with Gasteiger partial charge in [-0.15, -0.1) is 0 Å². The van der Waals surface area contributed by atoms with Crippen LogP contribution in [0.4, 0.5) is 0 Å². The molecule has 0 saturated carbocycles. The molecule has 192 valence electrons. The molecule has 3 fully saturated rings. The van der Waals surface area contributed by atoms with E-state index in [1.54, 1.807) is 4.90 Å². The first-order valence-corrected chi connectivity index (χ1v) is 12.9. The van der Waals surface area contributed by atoms with Crippen LogP contribution < -0.4 is 10.6 Å². The number of likely N-dealkylation sites (tertiary alicyclic amines) is 1. The number of amides is 3. The molecule has 3 aliphatic heterocycles. The van der Waals surface area contributed by atoms with Crippen LogP contribution in [0.1, 0.15) is 58.9 Å². The minimum Gasteiger partial charge on any atom is -0.394 e. The third kappa shape index (κ3) is 4.35. The molecular weight excluding hydrogens is 446 g/mol. The van der Waals surface area contributed by atoms with E-state index in [9.17, 15) is 19.5 Å². The van der Waals surface area contributed by atoms with Gasteiger partial charge >= 0.3 is 0 Å². The first-order chi connectivity index (χ1) is 16.7. The highest BCUT2D eigenvalue weighted by Crippen LogP contribution is 2.63. The molecule has 35 heavy (non-hydrogen) atoms. The Morgan fingerprint density at radius 2 is 1.89 bits per heavy atom. The minimum atomic E-state index is -1.08. The Kier molecular flexibility index (Phi) is 7.25. The highest BCUT2D eigenvalue weighted by Gasteiger charge is 2.78. The number of hydrogen-bond acceptors (Lipinski definition) is 5. The van der Waals surface area contributed by atoms with Crippen molar-refractivity contribution in [2.24, 2.45) is 17.8 Å². The van der Waals surface area contributed by atoms with Gasteiger partial charge < -0.3 is 25.4 Å². The van der Waals surface area contributed by atoms with Gasteiger partial charge in [0, 0.05) is 13.1 Å². The molecule has 3 aliphatic rings. The average Bonchev–Trinajstić information content (AvgIpc) is 3.40. The number of hydrogen-bond donors (Lipinski definition) is 3. The molecular formula is C27H39N3O5. The molecule has 3 heterocycles. The van der Waals surface area contributed by atoms with Gasteiger partial charge in [0.15, 0.2) is 0 Å². The van der Waals surface area contributed by atoms with E-state index in [1.807, 2.05) is 58.0 Å². The second-order valence-corrected chi connectivity index (χ2v) is 10.9. The van der Waals surface area contributed by atoms with E-state index in [2.05, 4.69) is 10.6 Å². The zero-order valence-electron chi connectivity index (χ0n) is 21.3. The Balaban J connectivity index is 1.70. The maximum Gasteiger partial charge on any atom is 0.246 e. The first kappa shape index (κ1) is 25.6. The van der Waals surface area contributed by atoms with Crippen LogP contribution in [-0.4, -0.2) is 64.2 Å². The van der Waals surface area contributed by atoms with Crippen LogP contribution in [0.15, 0.2) is 30.3 Å². The number of fused-ring (bicyclic) bond motifs is 1. The van der Waals surface area contributed by atoms with Crippen LogP contribution >= 0.6 is 0 Å². The number of carbonyl (C=O) groups is 3. The van der Waals surface area contributed by atoms with Crippen molar-refractivity contribution < 1.29 is 24.2 Å². The van der Waals surface area contributed by atoms with E-state index < -0.39 is 35.1 Å². The number of aliphatic hydroxyl groups is 1. The minimum absolute atomic E-state index is 0.191. The molecule has 8 nitrogen and oxygen atoms in total.